The molecule has 1 nitrogen and oxygen atoms in total. The highest BCUT2D eigenvalue weighted by molar-refractivity contribution is 6.37. The molecule has 4 aliphatic carbocycles. The SMILES string of the molecule is Clc1cccc2oc3ccc(-c4ccccc4C45CC6CC(CC(C6)C4)C5)cc3c12. The van der Waals surface area contributed by atoms with E-state index in [0.717, 1.165) is 44.7 Å². The maximum atomic E-state index is 6.56. The Labute approximate surface area is 182 Å². The minimum atomic E-state index is 0.385. The Kier molecular flexibility index (Phi) is 3.57. The molecule has 30 heavy (non-hydrogen) atoms. The van der Waals surface area contributed by atoms with Crippen LogP contribution in [0.4, 0.5) is 0 Å². The van der Waals surface area contributed by atoms with Crippen molar-refractivity contribution in [2.45, 2.75) is 43.9 Å². The number of rotatable bonds is 2. The zero-order chi connectivity index (χ0) is 19.9. The van der Waals surface area contributed by atoms with E-state index in [4.69, 9.17) is 16.0 Å². The van der Waals surface area contributed by atoms with E-state index < -0.39 is 0 Å². The van der Waals surface area contributed by atoms with Gasteiger partial charge in [0, 0.05) is 10.8 Å². The van der Waals surface area contributed by atoms with Crippen molar-refractivity contribution in [2.75, 3.05) is 0 Å². The van der Waals surface area contributed by atoms with Crippen molar-refractivity contribution < 1.29 is 4.42 Å². The fraction of sp³-hybridized carbons (Fsp3) is 0.357. The average molecular weight is 413 g/mol. The van der Waals surface area contributed by atoms with E-state index >= 15 is 0 Å². The second-order valence-electron chi connectivity index (χ2n) is 10.2. The van der Waals surface area contributed by atoms with Gasteiger partial charge in [0.2, 0.25) is 0 Å². The molecular weight excluding hydrogens is 388 g/mol. The van der Waals surface area contributed by atoms with Gasteiger partial charge in [0.05, 0.1) is 5.02 Å². The smallest absolute Gasteiger partial charge is 0.136 e. The van der Waals surface area contributed by atoms with Gasteiger partial charge in [0.25, 0.3) is 0 Å². The molecule has 0 N–H and O–H groups in total. The number of furan rings is 1. The highest BCUT2D eigenvalue weighted by Gasteiger charge is 2.52. The summed E-state index contributed by atoms with van der Waals surface area (Å²) in [6.07, 6.45) is 8.60. The summed E-state index contributed by atoms with van der Waals surface area (Å²) >= 11 is 6.56. The lowest BCUT2D eigenvalue weighted by Gasteiger charge is -2.57. The van der Waals surface area contributed by atoms with Crippen LogP contribution in [0.2, 0.25) is 5.02 Å². The van der Waals surface area contributed by atoms with E-state index in [1.165, 1.54) is 49.7 Å². The number of fused-ring (bicyclic) bond motifs is 3. The third-order valence-electron chi connectivity index (χ3n) is 8.29. The van der Waals surface area contributed by atoms with E-state index in [9.17, 15) is 0 Å². The molecule has 4 saturated carbocycles. The highest BCUT2D eigenvalue weighted by Crippen LogP contribution is 2.61. The van der Waals surface area contributed by atoms with Crippen LogP contribution < -0.4 is 0 Å². The molecule has 0 unspecified atom stereocenters. The van der Waals surface area contributed by atoms with Gasteiger partial charge in [0.1, 0.15) is 11.2 Å². The zero-order valence-corrected chi connectivity index (χ0v) is 17.8. The lowest BCUT2D eigenvalue weighted by atomic mass is 9.47. The van der Waals surface area contributed by atoms with Gasteiger partial charge in [-0.05, 0) is 103 Å². The first-order valence-electron chi connectivity index (χ1n) is 11.4. The molecule has 8 rings (SSSR count). The summed E-state index contributed by atoms with van der Waals surface area (Å²) in [7, 11) is 0. The Bertz CT molecular complexity index is 1260. The van der Waals surface area contributed by atoms with Crippen LogP contribution in [0.25, 0.3) is 33.1 Å². The fourth-order valence-electron chi connectivity index (χ4n) is 7.59. The molecule has 0 amide bonds. The topological polar surface area (TPSA) is 13.1 Å². The second kappa shape index (κ2) is 6.14. The molecule has 4 aromatic rings. The van der Waals surface area contributed by atoms with Crippen molar-refractivity contribution >= 4 is 33.5 Å². The Morgan fingerprint density at radius 2 is 1.50 bits per heavy atom. The van der Waals surface area contributed by atoms with Crippen molar-refractivity contribution in [1.29, 1.82) is 0 Å². The minimum absolute atomic E-state index is 0.385. The molecule has 4 bridgehead atoms. The van der Waals surface area contributed by atoms with Gasteiger partial charge in [-0.25, -0.2) is 0 Å². The maximum absolute atomic E-state index is 6.56. The van der Waals surface area contributed by atoms with Gasteiger partial charge < -0.3 is 4.42 Å². The maximum Gasteiger partial charge on any atom is 0.136 e. The average Bonchev–Trinajstić information content (AvgIpc) is 3.12. The first kappa shape index (κ1) is 17.4. The Morgan fingerprint density at radius 3 is 2.27 bits per heavy atom. The number of hydrogen-bond acceptors (Lipinski definition) is 1. The third kappa shape index (κ3) is 2.42. The van der Waals surface area contributed by atoms with Crippen LogP contribution in [0.5, 0.6) is 0 Å². The van der Waals surface area contributed by atoms with Gasteiger partial charge in [-0.2, -0.15) is 0 Å². The van der Waals surface area contributed by atoms with Crippen molar-refractivity contribution in [1.82, 2.24) is 0 Å². The molecule has 3 aromatic carbocycles. The summed E-state index contributed by atoms with van der Waals surface area (Å²) in [5.41, 5.74) is 6.44. The molecule has 1 aromatic heterocycles. The van der Waals surface area contributed by atoms with Crippen LogP contribution in [0.1, 0.15) is 44.1 Å². The summed E-state index contributed by atoms with van der Waals surface area (Å²) < 4.78 is 6.07. The molecule has 0 atom stereocenters. The van der Waals surface area contributed by atoms with Crippen LogP contribution >= 0.6 is 11.6 Å². The molecule has 2 heteroatoms. The standard InChI is InChI=1S/C28H25ClO/c29-24-6-3-7-26-27(24)22-13-20(8-9-25(22)30-26)21-4-1-2-5-23(21)28-14-17-10-18(15-28)12-19(11-17)16-28/h1-9,13,17-19H,10-12,14-16H2. The van der Waals surface area contributed by atoms with E-state index in [-0.39, 0.29) is 0 Å². The lowest BCUT2D eigenvalue weighted by molar-refractivity contribution is -0.00492. The molecule has 0 spiro atoms. The molecule has 4 fully saturated rings. The Balaban J connectivity index is 1.42. The molecular formula is C28H25ClO. The van der Waals surface area contributed by atoms with E-state index in [1.54, 1.807) is 5.56 Å². The molecule has 0 aliphatic heterocycles. The molecule has 0 radical (unpaired) electrons. The zero-order valence-electron chi connectivity index (χ0n) is 17.0. The van der Waals surface area contributed by atoms with E-state index in [2.05, 4.69) is 42.5 Å². The van der Waals surface area contributed by atoms with Crippen LogP contribution in [0.15, 0.2) is 65.1 Å². The van der Waals surface area contributed by atoms with Gasteiger partial charge in [-0.3, -0.25) is 0 Å². The predicted molar refractivity (Wildman–Crippen MR) is 124 cm³/mol. The first-order valence-corrected chi connectivity index (χ1v) is 11.8. The van der Waals surface area contributed by atoms with Crippen LogP contribution in [0.3, 0.4) is 0 Å². The lowest BCUT2D eigenvalue weighted by Crippen LogP contribution is -2.48. The fourth-order valence-corrected chi connectivity index (χ4v) is 7.86. The van der Waals surface area contributed by atoms with Gasteiger partial charge in [-0.1, -0.05) is 48.0 Å². The number of halogens is 1. The molecule has 4 aliphatic rings. The van der Waals surface area contributed by atoms with Crippen molar-refractivity contribution in [3.05, 3.63) is 71.2 Å². The predicted octanol–water partition coefficient (Wildman–Crippen LogP) is 8.37. The van der Waals surface area contributed by atoms with Crippen LogP contribution in [0, 0.1) is 17.8 Å². The quantitative estimate of drug-likeness (QED) is 0.322. The van der Waals surface area contributed by atoms with Crippen molar-refractivity contribution in [3.8, 4) is 11.1 Å². The normalized spacial score (nSPS) is 29.8. The Hall–Kier alpha value is -2.25. The highest BCUT2D eigenvalue weighted by atomic mass is 35.5. The second-order valence-corrected chi connectivity index (χ2v) is 10.6. The van der Waals surface area contributed by atoms with Crippen LogP contribution in [-0.2, 0) is 5.41 Å². The molecule has 1 heterocycles. The van der Waals surface area contributed by atoms with Gasteiger partial charge >= 0.3 is 0 Å². The number of benzene rings is 3. The summed E-state index contributed by atoms with van der Waals surface area (Å²) in [4.78, 5) is 0. The summed E-state index contributed by atoms with van der Waals surface area (Å²) in [6, 6.07) is 21.8. The van der Waals surface area contributed by atoms with Crippen LogP contribution in [-0.4, -0.2) is 0 Å². The number of hydrogen-bond donors (Lipinski definition) is 0. The summed E-state index contributed by atoms with van der Waals surface area (Å²) in [6.45, 7) is 0. The van der Waals surface area contributed by atoms with Crippen molar-refractivity contribution in [2.24, 2.45) is 17.8 Å². The molecule has 0 saturated heterocycles. The minimum Gasteiger partial charge on any atom is -0.456 e. The third-order valence-corrected chi connectivity index (χ3v) is 8.61. The van der Waals surface area contributed by atoms with Gasteiger partial charge in [-0.15, -0.1) is 0 Å². The van der Waals surface area contributed by atoms with E-state index in [0.29, 0.717) is 5.41 Å². The van der Waals surface area contributed by atoms with Gasteiger partial charge in [0.15, 0.2) is 0 Å². The van der Waals surface area contributed by atoms with Crippen molar-refractivity contribution in [3.63, 3.8) is 0 Å². The first-order chi connectivity index (χ1) is 14.7. The monoisotopic (exact) mass is 412 g/mol. The summed E-state index contributed by atoms with van der Waals surface area (Å²) in [5, 5.41) is 2.91. The molecule has 150 valence electrons. The Morgan fingerprint density at radius 1 is 0.767 bits per heavy atom. The summed E-state index contributed by atoms with van der Waals surface area (Å²) in [5.74, 6) is 2.84. The van der Waals surface area contributed by atoms with E-state index in [1.807, 2.05) is 18.2 Å². The largest absolute Gasteiger partial charge is 0.456 e.